The van der Waals surface area contributed by atoms with Gasteiger partial charge in [-0.05, 0) is 0 Å². The Hall–Kier alpha value is -1.32. The van der Waals surface area contributed by atoms with E-state index in [9.17, 15) is 4.79 Å². The highest BCUT2D eigenvalue weighted by Gasteiger charge is 1.91. The number of aromatic nitrogens is 2. The van der Waals surface area contributed by atoms with Gasteiger partial charge >= 0.3 is 5.69 Å². The average molecular weight is 124 g/mol. The van der Waals surface area contributed by atoms with E-state index in [1.54, 1.807) is 7.05 Å². The summed E-state index contributed by atoms with van der Waals surface area (Å²) >= 11 is 0. The number of hydrogen-bond donors (Lipinski definition) is 1. The van der Waals surface area contributed by atoms with E-state index >= 15 is 0 Å². The highest BCUT2D eigenvalue weighted by Crippen LogP contribution is 1.87. The molecule has 4 nitrogen and oxygen atoms in total. The summed E-state index contributed by atoms with van der Waals surface area (Å²) in [7, 11) is 1.54. The number of nitrogens with zero attached hydrogens (tertiary/aromatic N) is 2. The van der Waals surface area contributed by atoms with Crippen LogP contribution >= 0.6 is 0 Å². The molecule has 0 atom stereocenters. The van der Waals surface area contributed by atoms with E-state index in [2.05, 4.69) is 11.1 Å². The largest absolute Gasteiger partial charge is 0.384 e. The zero-order chi connectivity index (χ0) is 6.85. The van der Waals surface area contributed by atoms with Crippen LogP contribution in [-0.4, -0.2) is 9.55 Å². The molecule has 47 valence electrons. The van der Waals surface area contributed by atoms with Crippen LogP contribution in [0.1, 0.15) is 0 Å². The maximum Gasteiger partial charge on any atom is 0.348 e. The minimum absolute atomic E-state index is 0.301. The molecular formula is C5H6N3O. The van der Waals surface area contributed by atoms with Crippen molar-refractivity contribution in [3.8, 4) is 0 Å². The predicted molar refractivity (Wildman–Crippen MR) is 32.7 cm³/mol. The lowest BCUT2D eigenvalue weighted by Crippen LogP contribution is -2.21. The van der Waals surface area contributed by atoms with Gasteiger partial charge in [0.05, 0.1) is 0 Å². The second-order valence-corrected chi connectivity index (χ2v) is 1.63. The lowest BCUT2D eigenvalue weighted by Gasteiger charge is -1.96. The highest BCUT2D eigenvalue weighted by atomic mass is 16.1. The van der Waals surface area contributed by atoms with Crippen LogP contribution in [0.2, 0.25) is 0 Å². The average Bonchev–Trinajstić information content (AvgIpc) is 1.83. The van der Waals surface area contributed by atoms with Crippen LogP contribution in [0.4, 0.5) is 5.82 Å². The van der Waals surface area contributed by atoms with Gasteiger partial charge in [-0.3, -0.25) is 4.57 Å². The molecule has 0 bridgehead atoms. The molecule has 0 aliphatic rings. The van der Waals surface area contributed by atoms with Crippen molar-refractivity contribution in [2.75, 3.05) is 5.73 Å². The molecule has 0 aliphatic heterocycles. The van der Waals surface area contributed by atoms with Crippen molar-refractivity contribution in [3.05, 3.63) is 22.7 Å². The summed E-state index contributed by atoms with van der Waals surface area (Å²) in [6.07, 6.45) is 1.26. The molecule has 2 N–H and O–H groups in total. The molecule has 0 saturated heterocycles. The number of hydrogen-bond acceptors (Lipinski definition) is 3. The van der Waals surface area contributed by atoms with E-state index in [-0.39, 0.29) is 5.69 Å². The van der Waals surface area contributed by atoms with Gasteiger partial charge in [0, 0.05) is 19.3 Å². The molecular weight excluding hydrogens is 118 g/mol. The molecule has 1 radical (unpaired) electrons. The fraction of sp³-hybridized carbons (Fsp3) is 0.200. The Morgan fingerprint density at radius 3 is 3.00 bits per heavy atom. The molecule has 0 aliphatic carbocycles. The Morgan fingerprint density at radius 2 is 2.56 bits per heavy atom. The highest BCUT2D eigenvalue weighted by molar-refractivity contribution is 5.23. The summed E-state index contributed by atoms with van der Waals surface area (Å²) in [4.78, 5) is 14.0. The Bertz CT molecular complexity index is 265. The Labute approximate surface area is 51.9 Å². The fourth-order valence-electron chi connectivity index (χ4n) is 0.440. The van der Waals surface area contributed by atoms with Crippen molar-refractivity contribution >= 4 is 5.82 Å². The SMILES string of the molecule is Cn1c(N)[c]cnc1=O. The summed E-state index contributed by atoms with van der Waals surface area (Å²) in [5, 5.41) is 0. The van der Waals surface area contributed by atoms with Crippen molar-refractivity contribution in [1.29, 1.82) is 0 Å². The molecule has 0 amide bonds. The molecule has 0 fully saturated rings. The molecule has 0 unspecified atom stereocenters. The molecule has 9 heavy (non-hydrogen) atoms. The van der Waals surface area contributed by atoms with Crippen LogP contribution in [-0.2, 0) is 7.05 Å². The van der Waals surface area contributed by atoms with E-state index in [1.165, 1.54) is 10.8 Å². The van der Waals surface area contributed by atoms with E-state index in [4.69, 9.17) is 5.73 Å². The smallest absolute Gasteiger partial charge is 0.348 e. The molecule has 0 aromatic carbocycles. The Balaban J connectivity index is 3.43. The van der Waals surface area contributed by atoms with Gasteiger partial charge in [-0.25, -0.2) is 9.78 Å². The van der Waals surface area contributed by atoms with Crippen molar-refractivity contribution in [2.45, 2.75) is 0 Å². The second kappa shape index (κ2) is 1.89. The molecule has 1 heterocycles. The first-order valence-corrected chi connectivity index (χ1v) is 2.41. The molecule has 4 heteroatoms. The van der Waals surface area contributed by atoms with Gasteiger partial charge in [0.1, 0.15) is 5.82 Å². The standard InChI is InChI=1S/C5H6N3O/c1-8-4(6)2-3-7-5(8)9/h3H,6H2,1H3. The fourth-order valence-corrected chi connectivity index (χ4v) is 0.440. The lowest BCUT2D eigenvalue weighted by molar-refractivity contribution is 0.822. The number of rotatable bonds is 0. The van der Waals surface area contributed by atoms with E-state index in [1.807, 2.05) is 0 Å². The second-order valence-electron chi connectivity index (χ2n) is 1.63. The maximum atomic E-state index is 10.6. The maximum absolute atomic E-state index is 10.6. The van der Waals surface area contributed by atoms with Gasteiger partial charge < -0.3 is 5.73 Å². The Morgan fingerprint density at radius 1 is 1.89 bits per heavy atom. The molecule has 1 rings (SSSR count). The number of nitrogens with two attached hydrogens (primary N) is 1. The first-order chi connectivity index (χ1) is 4.22. The van der Waals surface area contributed by atoms with Gasteiger partial charge in [0.25, 0.3) is 0 Å². The van der Waals surface area contributed by atoms with Crippen LogP contribution < -0.4 is 11.4 Å². The van der Waals surface area contributed by atoms with Crippen LogP contribution in [0.15, 0.2) is 11.0 Å². The van der Waals surface area contributed by atoms with Crippen molar-refractivity contribution < 1.29 is 0 Å². The van der Waals surface area contributed by atoms with Gasteiger partial charge in [0.15, 0.2) is 0 Å². The van der Waals surface area contributed by atoms with Gasteiger partial charge in [-0.15, -0.1) is 0 Å². The Kier molecular flexibility index (Phi) is 1.22. The molecule has 1 aromatic rings. The third-order valence-corrected chi connectivity index (χ3v) is 1.04. The minimum atomic E-state index is -0.355. The lowest BCUT2D eigenvalue weighted by atomic mass is 10.6. The molecule has 0 spiro atoms. The van der Waals surface area contributed by atoms with Gasteiger partial charge in [-0.1, -0.05) is 0 Å². The zero-order valence-electron chi connectivity index (χ0n) is 4.96. The third-order valence-electron chi connectivity index (χ3n) is 1.04. The normalized spacial score (nSPS) is 9.44. The van der Waals surface area contributed by atoms with E-state index < -0.39 is 0 Å². The monoisotopic (exact) mass is 124 g/mol. The van der Waals surface area contributed by atoms with Gasteiger partial charge in [-0.2, -0.15) is 0 Å². The molecule has 1 aromatic heterocycles. The van der Waals surface area contributed by atoms with E-state index in [0.29, 0.717) is 5.82 Å². The van der Waals surface area contributed by atoms with Crippen molar-refractivity contribution in [2.24, 2.45) is 7.05 Å². The van der Waals surface area contributed by atoms with Crippen LogP contribution in [0.25, 0.3) is 0 Å². The number of anilines is 1. The summed E-state index contributed by atoms with van der Waals surface area (Å²) in [5.74, 6) is 0.301. The van der Waals surface area contributed by atoms with Crippen LogP contribution in [0.5, 0.6) is 0 Å². The first-order valence-electron chi connectivity index (χ1n) is 2.41. The third kappa shape index (κ3) is 0.910. The topological polar surface area (TPSA) is 60.9 Å². The van der Waals surface area contributed by atoms with Crippen molar-refractivity contribution in [1.82, 2.24) is 9.55 Å². The summed E-state index contributed by atoms with van der Waals surface area (Å²) in [5.41, 5.74) is 4.93. The van der Waals surface area contributed by atoms with E-state index in [0.717, 1.165) is 0 Å². The van der Waals surface area contributed by atoms with Crippen LogP contribution in [0, 0.1) is 6.07 Å². The summed E-state index contributed by atoms with van der Waals surface area (Å²) < 4.78 is 1.22. The predicted octanol–water partition coefficient (Wildman–Crippen LogP) is -0.837. The molecule has 0 saturated carbocycles. The quantitative estimate of drug-likeness (QED) is 0.490. The number of nitrogen functional groups attached to an aromatic ring is 1. The minimum Gasteiger partial charge on any atom is -0.384 e. The van der Waals surface area contributed by atoms with Crippen molar-refractivity contribution in [3.63, 3.8) is 0 Å². The zero-order valence-corrected chi connectivity index (χ0v) is 4.96. The first kappa shape index (κ1) is 5.81. The summed E-state index contributed by atoms with van der Waals surface area (Å²) in [6.45, 7) is 0. The summed E-state index contributed by atoms with van der Waals surface area (Å²) in [6, 6.07) is 2.57. The van der Waals surface area contributed by atoms with Crippen LogP contribution in [0.3, 0.4) is 0 Å². The van der Waals surface area contributed by atoms with Gasteiger partial charge in [0.2, 0.25) is 0 Å².